The fourth-order valence-electron chi connectivity index (χ4n) is 7.51. The van der Waals surface area contributed by atoms with Gasteiger partial charge in [0.15, 0.2) is 17.7 Å². The molecule has 0 aromatic heterocycles. The van der Waals surface area contributed by atoms with Crippen LogP contribution >= 0.6 is 0 Å². The molecule has 1 N–H and O–H groups in total. The van der Waals surface area contributed by atoms with Crippen LogP contribution in [0.4, 0.5) is 4.79 Å². The van der Waals surface area contributed by atoms with Crippen molar-refractivity contribution >= 4 is 23.6 Å². The van der Waals surface area contributed by atoms with E-state index in [1.165, 1.54) is 6.92 Å². The molecule has 1 unspecified atom stereocenters. The second kappa shape index (κ2) is 13.5. The summed E-state index contributed by atoms with van der Waals surface area (Å²) >= 11 is 0. The highest BCUT2D eigenvalue weighted by Gasteiger charge is 2.57. The van der Waals surface area contributed by atoms with Crippen LogP contribution in [-0.4, -0.2) is 97.6 Å². The maximum absolute atomic E-state index is 14.0. The Balaban J connectivity index is 2.09. The number of cyclic esters (lactones) is 1. The lowest BCUT2D eigenvalue weighted by Gasteiger charge is -2.47. The van der Waals surface area contributed by atoms with Crippen LogP contribution in [0.25, 0.3) is 0 Å². The predicted octanol–water partition coefficient (Wildman–Crippen LogP) is 3.75. The van der Waals surface area contributed by atoms with Crippen LogP contribution in [0.5, 0.6) is 0 Å². The molecule has 0 bridgehead atoms. The van der Waals surface area contributed by atoms with Crippen molar-refractivity contribution in [2.45, 2.75) is 129 Å². The molecule has 0 saturated carbocycles. The van der Waals surface area contributed by atoms with E-state index >= 15 is 0 Å². The molecule has 0 aliphatic carbocycles. The van der Waals surface area contributed by atoms with Crippen LogP contribution in [0.3, 0.4) is 0 Å². The second-order valence-corrected chi connectivity index (χ2v) is 13.8. The Bertz CT molecular complexity index is 1050. The van der Waals surface area contributed by atoms with Crippen molar-refractivity contribution in [3.63, 3.8) is 0 Å². The average molecular weight is 611 g/mol. The predicted molar refractivity (Wildman–Crippen MR) is 159 cm³/mol. The number of ketones is 2. The summed E-state index contributed by atoms with van der Waals surface area (Å²) in [5.41, 5.74) is -2.42. The molecule has 11 nitrogen and oxygen atoms in total. The summed E-state index contributed by atoms with van der Waals surface area (Å²) in [6, 6.07) is -0.561. The molecule has 13 atom stereocenters. The number of hydrogen-bond donors (Lipinski definition) is 1. The molecule has 1 amide bonds. The van der Waals surface area contributed by atoms with E-state index < -0.39 is 71.5 Å². The van der Waals surface area contributed by atoms with Crippen molar-refractivity contribution in [1.29, 1.82) is 0 Å². The number of nitrogens with zero attached hydrogens (tertiary/aromatic N) is 1. The van der Waals surface area contributed by atoms with Gasteiger partial charge in [-0.05, 0) is 61.1 Å². The number of carbonyl (C=O) groups excluding carboxylic acids is 4. The Morgan fingerprint density at radius 3 is 2.16 bits per heavy atom. The zero-order chi connectivity index (χ0) is 32.6. The van der Waals surface area contributed by atoms with E-state index in [0.717, 1.165) is 6.42 Å². The molecule has 43 heavy (non-hydrogen) atoms. The van der Waals surface area contributed by atoms with Gasteiger partial charge >= 0.3 is 12.1 Å². The number of fused-ring (bicyclic) bond motifs is 1. The van der Waals surface area contributed by atoms with Crippen molar-refractivity contribution < 1.29 is 42.9 Å². The molecule has 3 aliphatic heterocycles. The van der Waals surface area contributed by atoms with Crippen LogP contribution in [0.2, 0.25) is 0 Å². The molecule has 0 spiro atoms. The number of alkyl carbamates (subject to hydrolysis) is 1. The Morgan fingerprint density at radius 1 is 0.977 bits per heavy atom. The second-order valence-electron chi connectivity index (χ2n) is 13.8. The van der Waals surface area contributed by atoms with Crippen molar-refractivity contribution in [3.05, 3.63) is 0 Å². The van der Waals surface area contributed by atoms with E-state index in [4.69, 9.17) is 23.7 Å². The van der Waals surface area contributed by atoms with Gasteiger partial charge in [0.1, 0.15) is 17.8 Å². The molecule has 3 saturated heterocycles. The highest BCUT2D eigenvalue weighted by Crippen LogP contribution is 2.40. The molecule has 3 fully saturated rings. The third-order valence-corrected chi connectivity index (χ3v) is 10.3. The van der Waals surface area contributed by atoms with Crippen molar-refractivity contribution in [1.82, 2.24) is 10.2 Å². The van der Waals surface area contributed by atoms with Gasteiger partial charge in [0, 0.05) is 36.8 Å². The number of carbonyl (C=O) groups is 4. The first-order valence-electron chi connectivity index (χ1n) is 15.7. The van der Waals surface area contributed by atoms with Gasteiger partial charge in [-0.25, -0.2) is 4.79 Å². The molecule has 0 radical (unpaired) electrons. The summed E-state index contributed by atoms with van der Waals surface area (Å²) in [6.07, 6.45) is -1.75. The molecule has 3 aliphatic rings. The number of amides is 1. The summed E-state index contributed by atoms with van der Waals surface area (Å²) in [4.78, 5) is 56.1. The van der Waals surface area contributed by atoms with E-state index in [0.29, 0.717) is 6.42 Å². The van der Waals surface area contributed by atoms with Crippen LogP contribution in [-0.2, 0) is 38.1 Å². The molecular weight excluding hydrogens is 556 g/mol. The largest absolute Gasteiger partial charge is 0.458 e. The number of Topliss-reactive ketones (excluding diaryl/α,β-unsaturated/α-hetero) is 2. The molecule has 11 heteroatoms. The monoisotopic (exact) mass is 610 g/mol. The number of rotatable bonds is 5. The third kappa shape index (κ3) is 6.94. The normalized spacial score (nSPS) is 45.2. The third-order valence-electron chi connectivity index (χ3n) is 10.3. The Labute approximate surface area is 257 Å². The Morgan fingerprint density at radius 2 is 1.60 bits per heavy atom. The molecular formula is C32H54N2O9. The number of nitrogens with one attached hydrogen (secondary N) is 1. The molecule has 0 aromatic rings. The summed E-state index contributed by atoms with van der Waals surface area (Å²) in [6.45, 7) is 16.2. The maximum atomic E-state index is 14.0. The molecule has 3 rings (SSSR count). The van der Waals surface area contributed by atoms with E-state index in [1.807, 2.05) is 34.9 Å². The molecule has 246 valence electrons. The Kier molecular flexibility index (Phi) is 11.1. The van der Waals surface area contributed by atoms with Gasteiger partial charge < -0.3 is 33.9 Å². The maximum Gasteiger partial charge on any atom is 0.408 e. The smallest absolute Gasteiger partial charge is 0.408 e. The fourth-order valence-corrected chi connectivity index (χ4v) is 7.51. The first-order chi connectivity index (χ1) is 19.9. The average Bonchev–Trinajstić information content (AvgIpc) is 3.27. The van der Waals surface area contributed by atoms with Gasteiger partial charge in [-0.1, -0.05) is 34.6 Å². The number of esters is 1. The minimum Gasteiger partial charge on any atom is -0.458 e. The van der Waals surface area contributed by atoms with Gasteiger partial charge in [-0.3, -0.25) is 14.4 Å². The minimum absolute atomic E-state index is 0.0295. The van der Waals surface area contributed by atoms with Gasteiger partial charge in [0.2, 0.25) is 0 Å². The Hall–Kier alpha value is -2.08. The lowest BCUT2D eigenvalue weighted by Crippen LogP contribution is -2.59. The minimum atomic E-state index is -1.31. The summed E-state index contributed by atoms with van der Waals surface area (Å²) in [5, 5.41) is 2.79. The van der Waals surface area contributed by atoms with E-state index in [1.54, 1.807) is 34.8 Å². The lowest BCUT2D eigenvalue weighted by molar-refractivity contribution is -0.280. The summed E-state index contributed by atoms with van der Waals surface area (Å²) in [5.74, 6) is -4.37. The fraction of sp³-hybridized carbons (Fsp3) is 0.875. The number of methoxy groups -OCH3 is 1. The highest BCUT2D eigenvalue weighted by molar-refractivity contribution is 6.00. The summed E-state index contributed by atoms with van der Waals surface area (Å²) in [7, 11) is 5.59. The van der Waals surface area contributed by atoms with Crippen LogP contribution in [0, 0.1) is 29.6 Å². The van der Waals surface area contributed by atoms with Gasteiger partial charge in [-0.15, -0.1) is 0 Å². The van der Waals surface area contributed by atoms with Crippen molar-refractivity contribution in [3.8, 4) is 0 Å². The molecule has 0 aromatic carbocycles. The van der Waals surface area contributed by atoms with E-state index in [2.05, 4.69) is 17.1 Å². The van der Waals surface area contributed by atoms with Crippen LogP contribution < -0.4 is 5.32 Å². The van der Waals surface area contributed by atoms with Crippen LogP contribution in [0.15, 0.2) is 0 Å². The standard InChI is InChI=1S/C32H54N2O9/c1-13-23-32(9)26(33-30(38)43-32)19(5)24(35)16(2)15-31(8,39-12)27(20(6)25(36)21(7)28(37)41-23)42-29-18(4)22(34(10)11)14-17(3)40-29/h16-23,26-27,29H,13-15H2,1-12H3,(H,33,38)/t16-,17-,18-,19+,20+,21?,22+,23-,26-,27-,29+,31-,32-/m1/s1. The van der Waals surface area contributed by atoms with Gasteiger partial charge in [0.05, 0.1) is 23.9 Å². The SMILES string of the molecule is CC[C@H]1OC(=O)C(C)C(=O)[C@H](C)[C@@H](O[C@@H]2O[C@H](C)C[C@H](N(C)C)[C@H]2C)[C@](C)(OC)C[C@@H](C)C(=O)[C@H](C)[C@H]2NC(=O)O[C@@]21C. The van der Waals surface area contributed by atoms with Crippen molar-refractivity contribution in [2.24, 2.45) is 29.6 Å². The quantitative estimate of drug-likeness (QED) is 0.363. The first kappa shape index (κ1) is 35.4. The number of ether oxygens (including phenoxy) is 5. The van der Waals surface area contributed by atoms with Gasteiger partial charge in [-0.2, -0.15) is 0 Å². The highest BCUT2D eigenvalue weighted by atomic mass is 16.7. The van der Waals surface area contributed by atoms with E-state index in [-0.39, 0.29) is 36.1 Å². The first-order valence-corrected chi connectivity index (χ1v) is 15.7. The van der Waals surface area contributed by atoms with Crippen LogP contribution in [0.1, 0.15) is 81.6 Å². The van der Waals surface area contributed by atoms with Gasteiger partial charge in [0.25, 0.3) is 0 Å². The number of hydrogen-bond acceptors (Lipinski definition) is 10. The van der Waals surface area contributed by atoms with E-state index in [9.17, 15) is 19.2 Å². The zero-order valence-corrected chi connectivity index (χ0v) is 28.1. The topological polar surface area (TPSA) is 130 Å². The zero-order valence-electron chi connectivity index (χ0n) is 28.1. The lowest BCUT2D eigenvalue weighted by atomic mass is 9.73. The summed E-state index contributed by atoms with van der Waals surface area (Å²) < 4.78 is 30.7. The molecule has 3 heterocycles. The van der Waals surface area contributed by atoms with Crippen molar-refractivity contribution in [2.75, 3.05) is 21.2 Å².